The molecule has 2 aromatic heterocycles. The van der Waals surface area contributed by atoms with Crippen molar-refractivity contribution in [1.29, 1.82) is 0 Å². The highest BCUT2D eigenvalue weighted by Crippen LogP contribution is 2.12. The molecule has 0 aliphatic rings. The Morgan fingerprint density at radius 2 is 1.95 bits per heavy atom. The van der Waals surface area contributed by atoms with E-state index in [2.05, 4.69) is 4.98 Å². The largest absolute Gasteiger partial charge is 0.475 e. The summed E-state index contributed by atoms with van der Waals surface area (Å²) in [7, 11) is 1.61. The average molecular weight is 274 g/mol. The Morgan fingerprint density at radius 1 is 1.25 bits per heavy atom. The van der Waals surface area contributed by atoms with E-state index in [1.54, 1.807) is 7.05 Å². The van der Waals surface area contributed by atoms with E-state index in [-0.39, 0.29) is 17.4 Å². The smallest absolute Gasteiger partial charge is 0.371 e. The van der Waals surface area contributed by atoms with Crippen LogP contribution in [0.5, 0.6) is 0 Å². The van der Waals surface area contributed by atoms with Gasteiger partial charge < -0.3 is 14.4 Å². The molecule has 0 radical (unpaired) electrons. The molecule has 1 N–H and O–H groups in total. The van der Waals surface area contributed by atoms with Crippen LogP contribution < -0.4 is 0 Å². The maximum atomic E-state index is 12.1. The van der Waals surface area contributed by atoms with Crippen molar-refractivity contribution >= 4 is 11.9 Å². The van der Waals surface area contributed by atoms with Gasteiger partial charge >= 0.3 is 5.97 Å². The summed E-state index contributed by atoms with van der Waals surface area (Å²) in [5.41, 5.74) is 1.63. The Bertz CT molecular complexity index is 648. The van der Waals surface area contributed by atoms with Crippen LogP contribution in [0.4, 0.5) is 0 Å². The van der Waals surface area contributed by atoms with Crippen molar-refractivity contribution in [1.82, 2.24) is 9.88 Å². The summed E-state index contributed by atoms with van der Waals surface area (Å²) in [6.07, 6.45) is 0. The number of aryl methyl sites for hydroxylation is 1. The lowest BCUT2D eigenvalue weighted by molar-refractivity contribution is 0.0652. The Labute approximate surface area is 115 Å². The third-order valence-corrected chi connectivity index (χ3v) is 2.72. The lowest BCUT2D eigenvalue weighted by Gasteiger charge is -2.15. The van der Waals surface area contributed by atoms with Crippen molar-refractivity contribution in [3.63, 3.8) is 0 Å². The highest BCUT2D eigenvalue weighted by atomic mass is 16.4. The Kier molecular flexibility index (Phi) is 3.84. The second-order valence-corrected chi connectivity index (χ2v) is 4.40. The number of carboxylic acid groups (broad SMARTS) is 1. The molecule has 0 spiro atoms. The molecule has 6 nitrogen and oxygen atoms in total. The normalized spacial score (nSPS) is 10.3. The van der Waals surface area contributed by atoms with E-state index >= 15 is 0 Å². The number of nitrogens with zero attached hydrogens (tertiary/aromatic N) is 2. The molecular weight excluding hydrogens is 260 g/mol. The fourth-order valence-corrected chi connectivity index (χ4v) is 1.76. The van der Waals surface area contributed by atoms with Gasteiger partial charge in [-0.25, -0.2) is 4.79 Å². The summed E-state index contributed by atoms with van der Waals surface area (Å²) in [5.74, 6) is -1.85. The molecule has 20 heavy (non-hydrogen) atoms. The number of carbonyl (C=O) groups excluding carboxylic acids is 1. The second-order valence-electron chi connectivity index (χ2n) is 4.40. The fourth-order valence-electron chi connectivity index (χ4n) is 1.76. The zero-order valence-electron chi connectivity index (χ0n) is 11.2. The van der Waals surface area contributed by atoms with Crippen molar-refractivity contribution in [2.75, 3.05) is 7.05 Å². The van der Waals surface area contributed by atoms with Gasteiger partial charge in [0.15, 0.2) is 5.76 Å². The minimum absolute atomic E-state index is 0.00227. The first-order chi connectivity index (χ1) is 9.47. The fraction of sp³-hybridized carbons (Fsp3) is 0.214. The number of carbonyl (C=O) groups is 2. The van der Waals surface area contributed by atoms with Crippen molar-refractivity contribution in [2.45, 2.75) is 13.5 Å². The highest BCUT2D eigenvalue weighted by molar-refractivity contribution is 5.93. The summed E-state index contributed by atoms with van der Waals surface area (Å²) in [4.78, 5) is 28.5. The van der Waals surface area contributed by atoms with Crippen LogP contribution in [-0.4, -0.2) is 33.9 Å². The first kappa shape index (κ1) is 13.8. The van der Waals surface area contributed by atoms with Gasteiger partial charge in [-0.3, -0.25) is 9.78 Å². The number of amides is 1. The zero-order valence-corrected chi connectivity index (χ0v) is 11.2. The molecule has 0 saturated heterocycles. The van der Waals surface area contributed by atoms with Crippen molar-refractivity contribution in [3.8, 4) is 0 Å². The van der Waals surface area contributed by atoms with Gasteiger partial charge in [-0.1, -0.05) is 6.07 Å². The van der Waals surface area contributed by atoms with Gasteiger partial charge in [0.1, 0.15) is 0 Å². The maximum absolute atomic E-state index is 12.1. The van der Waals surface area contributed by atoms with Crippen molar-refractivity contribution in [2.24, 2.45) is 0 Å². The molecule has 0 aliphatic carbocycles. The molecule has 1 amide bonds. The van der Waals surface area contributed by atoms with Gasteiger partial charge in [-0.05, 0) is 31.2 Å². The molecule has 0 bridgehead atoms. The number of aromatic carboxylic acids is 1. The van der Waals surface area contributed by atoms with E-state index in [0.717, 1.165) is 11.4 Å². The SMILES string of the molecule is Cc1cccc(CN(C)C(=O)c2ccc(C(=O)O)o2)n1. The van der Waals surface area contributed by atoms with Gasteiger partial charge in [0.05, 0.1) is 12.2 Å². The molecule has 2 rings (SSSR count). The molecule has 0 aliphatic heterocycles. The van der Waals surface area contributed by atoms with Crippen LogP contribution in [0.3, 0.4) is 0 Å². The number of rotatable bonds is 4. The Balaban J connectivity index is 2.10. The van der Waals surface area contributed by atoms with Gasteiger partial charge in [-0.2, -0.15) is 0 Å². The number of hydrogen-bond acceptors (Lipinski definition) is 4. The van der Waals surface area contributed by atoms with Gasteiger partial charge in [0.25, 0.3) is 5.91 Å². The standard InChI is InChI=1S/C14H14N2O4/c1-9-4-3-5-10(15-9)8-16(2)13(17)11-6-7-12(20-11)14(18)19/h3-7H,8H2,1-2H3,(H,18,19). The van der Waals surface area contributed by atoms with Crippen molar-refractivity contribution < 1.29 is 19.1 Å². The van der Waals surface area contributed by atoms with E-state index in [0.29, 0.717) is 6.54 Å². The van der Waals surface area contributed by atoms with Gasteiger partial charge in [0, 0.05) is 12.7 Å². The number of carboxylic acids is 1. The third-order valence-electron chi connectivity index (χ3n) is 2.72. The monoisotopic (exact) mass is 274 g/mol. The summed E-state index contributed by atoms with van der Waals surface area (Å²) < 4.78 is 4.98. The molecule has 0 fully saturated rings. The predicted molar refractivity (Wildman–Crippen MR) is 70.4 cm³/mol. The predicted octanol–water partition coefficient (Wildman–Crippen LogP) is 1.95. The molecule has 104 valence electrons. The Hall–Kier alpha value is -2.63. The van der Waals surface area contributed by atoms with E-state index in [9.17, 15) is 9.59 Å². The van der Waals surface area contributed by atoms with Crippen LogP contribution >= 0.6 is 0 Å². The van der Waals surface area contributed by atoms with E-state index in [4.69, 9.17) is 9.52 Å². The molecule has 2 aromatic rings. The van der Waals surface area contributed by atoms with E-state index < -0.39 is 5.97 Å². The van der Waals surface area contributed by atoms with E-state index in [1.165, 1.54) is 17.0 Å². The highest BCUT2D eigenvalue weighted by Gasteiger charge is 2.18. The summed E-state index contributed by atoms with van der Waals surface area (Å²) in [6, 6.07) is 8.17. The zero-order chi connectivity index (χ0) is 14.7. The first-order valence-electron chi connectivity index (χ1n) is 5.98. The Morgan fingerprint density at radius 3 is 2.55 bits per heavy atom. The molecular formula is C14H14N2O4. The lowest BCUT2D eigenvalue weighted by atomic mass is 10.3. The summed E-state index contributed by atoms with van der Waals surface area (Å²) >= 11 is 0. The molecule has 6 heteroatoms. The minimum Gasteiger partial charge on any atom is -0.475 e. The van der Waals surface area contributed by atoms with Crippen LogP contribution in [0.1, 0.15) is 32.5 Å². The average Bonchev–Trinajstić information content (AvgIpc) is 2.87. The quantitative estimate of drug-likeness (QED) is 0.921. The number of pyridine rings is 1. The summed E-state index contributed by atoms with van der Waals surface area (Å²) in [5, 5.41) is 8.76. The molecule has 0 saturated carbocycles. The van der Waals surface area contributed by atoms with Crippen molar-refractivity contribution in [3.05, 3.63) is 53.2 Å². The van der Waals surface area contributed by atoms with Gasteiger partial charge in [0.2, 0.25) is 5.76 Å². The number of hydrogen-bond donors (Lipinski definition) is 1. The molecule has 0 aromatic carbocycles. The lowest BCUT2D eigenvalue weighted by Crippen LogP contribution is -2.26. The van der Waals surface area contributed by atoms with Crippen LogP contribution in [0.2, 0.25) is 0 Å². The summed E-state index contributed by atoms with van der Waals surface area (Å²) in [6.45, 7) is 2.20. The van der Waals surface area contributed by atoms with Gasteiger partial charge in [-0.15, -0.1) is 0 Å². The van der Waals surface area contributed by atoms with Crippen LogP contribution in [0, 0.1) is 6.92 Å². The number of aromatic nitrogens is 1. The topological polar surface area (TPSA) is 83.6 Å². The number of furan rings is 1. The molecule has 2 heterocycles. The second kappa shape index (κ2) is 5.56. The van der Waals surface area contributed by atoms with Crippen LogP contribution in [0.15, 0.2) is 34.7 Å². The molecule has 0 atom stereocenters. The third kappa shape index (κ3) is 3.03. The van der Waals surface area contributed by atoms with E-state index in [1.807, 2.05) is 25.1 Å². The maximum Gasteiger partial charge on any atom is 0.371 e. The minimum atomic E-state index is -1.20. The van der Waals surface area contributed by atoms with Crippen LogP contribution in [-0.2, 0) is 6.54 Å². The first-order valence-corrected chi connectivity index (χ1v) is 5.98. The van der Waals surface area contributed by atoms with Crippen LogP contribution in [0.25, 0.3) is 0 Å². The molecule has 0 unspecified atom stereocenters.